The Kier molecular flexibility index (Phi) is 5.16. The van der Waals surface area contributed by atoms with Gasteiger partial charge in [-0.3, -0.25) is 4.79 Å². The molecule has 134 valence electrons. The molecule has 0 aromatic heterocycles. The van der Waals surface area contributed by atoms with Crippen LogP contribution >= 0.6 is 15.9 Å². The van der Waals surface area contributed by atoms with Crippen LogP contribution in [0.1, 0.15) is 11.1 Å². The number of hydrogen-bond donors (Lipinski definition) is 0. The van der Waals surface area contributed by atoms with Crippen molar-refractivity contribution in [3.8, 4) is 0 Å². The number of amides is 1. The Morgan fingerprint density at radius 1 is 0.815 bits per heavy atom. The molecule has 4 rings (SSSR count). The minimum absolute atomic E-state index is 0.0390. The largest absolute Gasteiger partial charge is 0.272 e. The van der Waals surface area contributed by atoms with Crippen molar-refractivity contribution in [2.75, 3.05) is 5.01 Å². The highest BCUT2D eigenvalue weighted by atomic mass is 79.9. The maximum Gasteiger partial charge on any atom is 0.256 e. The van der Waals surface area contributed by atoms with Gasteiger partial charge in [0.05, 0.1) is 17.3 Å². The molecule has 1 aliphatic rings. The molecule has 0 bridgehead atoms. The molecular weight excluding hydrogens is 400 g/mol. The molecule has 0 saturated carbocycles. The third-order valence-electron chi connectivity index (χ3n) is 4.72. The number of para-hydroxylation sites is 1. The zero-order chi connectivity index (χ0) is 18.6. The van der Waals surface area contributed by atoms with Gasteiger partial charge in [0, 0.05) is 10.9 Å². The number of hydrogen-bond acceptors (Lipinski definition) is 2. The fourth-order valence-electron chi connectivity index (χ4n) is 3.32. The van der Waals surface area contributed by atoms with E-state index in [1.54, 1.807) is 5.01 Å². The highest BCUT2D eigenvalue weighted by molar-refractivity contribution is 9.10. The Labute approximate surface area is 167 Å². The van der Waals surface area contributed by atoms with Crippen molar-refractivity contribution >= 4 is 33.2 Å². The second-order valence-corrected chi connectivity index (χ2v) is 7.54. The van der Waals surface area contributed by atoms with Crippen LogP contribution in [-0.2, 0) is 17.6 Å². The van der Waals surface area contributed by atoms with Gasteiger partial charge in [-0.2, -0.15) is 5.10 Å². The normalized spacial score (nSPS) is 16.5. The maximum absolute atomic E-state index is 13.2. The minimum Gasteiger partial charge on any atom is -0.272 e. The quantitative estimate of drug-likeness (QED) is 0.556. The Hall–Kier alpha value is -2.72. The number of anilines is 1. The molecule has 27 heavy (non-hydrogen) atoms. The Morgan fingerprint density at radius 3 is 2.11 bits per heavy atom. The van der Waals surface area contributed by atoms with Crippen molar-refractivity contribution in [2.45, 2.75) is 12.8 Å². The fourth-order valence-corrected chi connectivity index (χ4v) is 3.58. The van der Waals surface area contributed by atoms with Crippen molar-refractivity contribution < 1.29 is 4.79 Å². The number of hydrazone groups is 1. The summed E-state index contributed by atoms with van der Waals surface area (Å²) in [5.74, 6) is -0.201. The average molecular weight is 419 g/mol. The average Bonchev–Trinajstić information content (AvgIpc) is 3.01. The van der Waals surface area contributed by atoms with Crippen LogP contribution in [0.25, 0.3) is 0 Å². The number of rotatable bonds is 5. The lowest BCUT2D eigenvalue weighted by molar-refractivity contribution is -0.119. The fraction of sp³-hybridized carbons (Fsp3) is 0.130. The van der Waals surface area contributed by atoms with Crippen LogP contribution in [0.5, 0.6) is 0 Å². The predicted molar refractivity (Wildman–Crippen MR) is 113 cm³/mol. The summed E-state index contributed by atoms with van der Waals surface area (Å²) in [5.41, 5.74) is 4.02. The number of halogens is 1. The molecule has 3 aromatic rings. The molecule has 0 N–H and O–H groups in total. The number of carbonyl (C=O) groups is 1. The molecular formula is C23H19BrN2O. The van der Waals surface area contributed by atoms with Gasteiger partial charge in [-0.05, 0) is 41.8 Å². The zero-order valence-corrected chi connectivity index (χ0v) is 16.3. The van der Waals surface area contributed by atoms with Crippen molar-refractivity contribution in [1.29, 1.82) is 0 Å². The van der Waals surface area contributed by atoms with Gasteiger partial charge in [-0.1, -0.05) is 76.6 Å². The smallest absolute Gasteiger partial charge is 0.256 e. The van der Waals surface area contributed by atoms with E-state index >= 15 is 0 Å². The van der Waals surface area contributed by atoms with Gasteiger partial charge in [0.25, 0.3) is 5.91 Å². The summed E-state index contributed by atoms with van der Waals surface area (Å²) in [4.78, 5) is 13.2. The molecule has 1 aliphatic heterocycles. The van der Waals surface area contributed by atoms with E-state index in [1.165, 1.54) is 0 Å². The van der Waals surface area contributed by atoms with E-state index in [4.69, 9.17) is 5.10 Å². The standard InChI is InChI=1S/C23H19BrN2O/c24-19-13-11-18(12-14-19)16-22-21(15-17-7-3-1-4-8-17)23(27)26(25-22)20-9-5-2-6-10-20/h1-14,21H,15-16H2. The van der Waals surface area contributed by atoms with E-state index in [2.05, 4.69) is 40.2 Å². The van der Waals surface area contributed by atoms with Gasteiger partial charge in [0.2, 0.25) is 0 Å². The second kappa shape index (κ2) is 7.89. The number of benzene rings is 3. The summed E-state index contributed by atoms with van der Waals surface area (Å²) >= 11 is 3.47. The van der Waals surface area contributed by atoms with Gasteiger partial charge in [0.1, 0.15) is 0 Å². The van der Waals surface area contributed by atoms with Gasteiger partial charge in [-0.25, -0.2) is 5.01 Å². The van der Waals surface area contributed by atoms with Gasteiger partial charge >= 0.3 is 0 Å². The Morgan fingerprint density at radius 2 is 1.44 bits per heavy atom. The minimum atomic E-state index is -0.240. The molecule has 0 aliphatic carbocycles. The topological polar surface area (TPSA) is 32.7 Å². The van der Waals surface area contributed by atoms with Crippen LogP contribution in [0.3, 0.4) is 0 Å². The first kappa shape index (κ1) is 17.7. The van der Waals surface area contributed by atoms with Crippen molar-refractivity contribution in [3.05, 3.63) is 101 Å². The summed E-state index contributed by atoms with van der Waals surface area (Å²) < 4.78 is 1.04. The Bertz CT molecular complexity index is 953. The van der Waals surface area contributed by atoms with E-state index < -0.39 is 0 Å². The lowest BCUT2D eigenvalue weighted by Crippen LogP contribution is -2.29. The van der Waals surface area contributed by atoms with Crippen LogP contribution in [-0.4, -0.2) is 11.6 Å². The van der Waals surface area contributed by atoms with Gasteiger partial charge in [0.15, 0.2) is 0 Å². The first-order valence-electron chi connectivity index (χ1n) is 8.95. The van der Waals surface area contributed by atoms with Crippen molar-refractivity contribution in [3.63, 3.8) is 0 Å². The molecule has 0 spiro atoms. The van der Waals surface area contributed by atoms with Crippen LogP contribution < -0.4 is 5.01 Å². The second-order valence-electron chi connectivity index (χ2n) is 6.62. The third kappa shape index (κ3) is 4.01. The van der Waals surface area contributed by atoms with E-state index in [0.717, 1.165) is 27.0 Å². The first-order valence-corrected chi connectivity index (χ1v) is 9.75. The van der Waals surface area contributed by atoms with Crippen LogP contribution in [0.15, 0.2) is 94.5 Å². The highest BCUT2D eigenvalue weighted by Gasteiger charge is 2.36. The van der Waals surface area contributed by atoms with Crippen molar-refractivity contribution in [2.24, 2.45) is 11.0 Å². The maximum atomic E-state index is 13.2. The lowest BCUT2D eigenvalue weighted by atomic mass is 9.91. The molecule has 3 nitrogen and oxygen atoms in total. The molecule has 1 amide bonds. The Balaban J connectivity index is 1.65. The number of carbonyl (C=O) groups excluding carboxylic acids is 1. The highest BCUT2D eigenvalue weighted by Crippen LogP contribution is 2.28. The van der Waals surface area contributed by atoms with E-state index in [9.17, 15) is 4.79 Å². The summed E-state index contributed by atoms with van der Waals surface area (Å²) in [6.07, 6.45) is 1.33. The van der Waals surface area contributed by atoms with Gasteiger partial charge < -0.3 is 0 Å². The van der Waals surface area contributed by atoms with Gasteiger partial charge in [-0.15, -0.1) is 0 Å². The molecule has 3 aromatic carbocycles. The monoisotopic (exact) mass is 418 g/mol. The van der Waals surface area contributed by atoms with E-state index in [-0.39, 0.29) is 11.8 Å². The molecule has 4 heteroatoms. The summed E-state index contributed by atoms with van der Waals surface area (Å²) in [7, 11) is 0. The predicted octanol–water partition coefficient (Wildman–Crippen LogP) is 5.25. The number of nitrogens with zero attached hydrogens (tertiary/aromatic N) is 2. The lowest BCUT2D eigenvalue weighted by Gasteiger charge is -2.14. The molecule has 1 heterocycles. The third-order valence-corrected chi connectivity index (χ3v) is 5.25. The molecule has 0 fully saturated rings. The molecule has 0 radical (unpaired) electrons. The molecule has 1 unspecified atom stereocenters. The summed E-state index contributed by atoms with van der Waals surface area (Å²) in [6.45, 7) is 0. The first-order chi connectivity index (χ1) is 13.2. The SMILES string of the molecule is O=C1C(Cc2ccccc2)C(Cc2ccc(Br)cc2)=NN1c1ccccc1. The molecule has 0 saturated heterocycles. The van der Waals surface area contributed by atoms with Crippen LogP contribution in [0.4, 0.5) is 5.69 Å². The van der Waals surface area contributed by atoms with E-state index in [1.807, 2.05) is 60.7 Å². The van der Waals surface area contributed by atoms with Crippen molar-refractivity contribution in [1.82, 2.24) is 0 Å². The van der Waals surface area contributed by atoms with Crippen LogP contribution in [0.2, 0.25) is 0 Å². The summed E-state index contributed by atoms with van der Waals surface area (Å²) in [5, 5.41) is 6.28. The van der Waals surface area contributed by atoms with E-state index in [0.29, 0.717) is 12.8 Å². The summed E-state index contributed by atoms with van der Waals surface area (Å²) in [6, 6.07) is 28.0. The van der Waals surface area contributed by atoms with Crippen LogP contribution in [0, 0.1) is 5.92 Å². The molecule has 1 atom stereocenters. The zero-order valence-electron chi connectivity index (χ0n) is 14.8.